The molecular formula is C11H18O4. The van der Waals surface area contributed by atoms with E-state index >= 15 is 0 Å². The van der Waals surface area contributed by atoms with Crippen LogP contribution < -0.4 is 0 Å². The van der Waals surface area contributed by atoms with E-state index in [-0.39, 0.29) is 18.8 Å². The molecule has 0 aliphatic carbocycles. The van der Waals surface area contributed by atoms with Crippen molar-refractivity contribution in [1.29, 1.82) is 0 Å². The average Bonchev–Trinajstić information content (AvgIpc) is 2.24. The highest BCUT2D eigenvalue weighted by atomic mass is 16.5. The summed E-state index contributed by atoms with van der Waals surface area (Å²) in [4.78, 5) is 23.1. The number of carbonyl (C=O) groups excluding carboxylic acids is 2. The number of ether oxygens (including phenoxy) is 1. The van der Waals surface area contributed by atoms with E-state index in [0.717, 1.165) is 0 Å². The topological polar surface area (TPSA) is 63.6 Å². The van der Waals surface area contributed by atoms with E-state index in [9.17, 15) is 9.59 Å². The molecule has 0 amide bonds. The molecule has 1 unspecified atom stereocenters. The van der Waals surface area contributed by atoms with Crippen molar-refractivity contribution >= 4 is 11.8 Å². The van der Waals surface area contributed by atoms with E-state index in [2.05, 4.69) is 6.58 Å². The van der Waals surface area contributed by atoms with Gasteiger partial charge in [-0.2, -0.15) is 0 Å². The molecule has 0 aromatic heterocycles. The molecule has 0 spiro atoms. The predicted octanol–water partition coefficient (Wildman–Crippen LogP) is 1.08. The summed E-state index contributed by atoms with van der Waals surface area (Å²) in [5.74, 6) is -0.982. The van der Waals surface area contributed by atoms with Crippen molar-refractivity contribution in [3.63, 3.8) is 0 Å². The minimum Gasteiger partial charge on any atom is -0.465 e. The van der Waals surface area contributed by atoms with Gasteiger partial charge in [-0.05, 0) is 20.3 Å². The van der Waals surface area contributed by atoms with Gasteiger partial charge in [0.15, 0.2) is 5.78 Å². The van der Waals surface area contributed by atoms with E-state index in [1.165, 1.54) is 6.92 Å². The summed E-state index contributed by atoms with van der Waals surface area (Å²) in [6.45, 7) is 6.22. The summed E-state index contributed by atoms with van der Waals surface area (Å²) in [5, 5.41) is 9.10. The van der Waals surface area contributed by atoms with Crippen molar-refractivity contribution in [1.82, 2.24) is 0 Å². The molecule has 0 aliphatic heterocycles. The molecule has 4 nitrogen and oxygen atoms in total. The van der Waals surface area contributed by atoms with Crippen LogP contribution in [0.4, 0.5) is 0 Å². The summed E-state index contributed by atoms with van der Waals surface area (Å²) < 4.78 is 4.75. The van der Waals surface area contributed by atoms with Gasteiger partial charge in [-0.3, -0.25) is 9.59 Å². The van der Waals surface area contributed by atoms with Gasteiger partial charge in [0.05, 0.1) is 13.2 Å². The molecule has 0 heterocycles. The first-order valence-electron chi connectivity index (χ1n) is 4.95. The van der Waals surface area contributed by atoms with Gasteiger partial charge in [-0.1, -0.05) is 6.08 Å². The van der Waals surface area contributed by atoms with Crippen molar-refractivity contribution in [3.05, 3.63) is 12.7 Å². The molecule has 0 aromatic carbocycles. The Hall–Kier alpha value is -1.16. The zero-order valence-electron chi connectivity index (χ0n) is 9.28. The minimum absolute atomic E-state index is 0.194. The van der Waals surface area contributed by atoms with E-state index < -0.39 is 18.0 Å². The number of esters is 1. The zero-order chi connectivity index (χ0) is 11.9. The fraction of sp³-hybridized carbons (Fsp3) is 0.636. The summed E-state index contributed by atoms with van der Waals surface area (Å²) in [6.07, 6.45) is 2.29. The summed E-state index contributed by atoms with van der Waals surface area (Å²) in [6, 6.07) is 0. The van der Waals surface area contributed by atoms with Crippen LogP contribution in [0.1, 0.15) is 26.7 Å². The van der Waals surface area contributed by atoms with Crippen LogP contribution in [0.25, 0.3) is 0 Å². The van der Waals surface area contributed by atoms with Gasteiger partial charge in [-0.15, -0.1) is 6.58 Å². The molecule has 1 N–H and O–H groups in total. The van der Waals surface area contributed by atoms with Gasteiger partial charge < -0.3 is 9.84 Å². The number of aliphatic hydroxyl groups is 1. The molecule has 0 fully saturated rings. The molecule has 0 aromatic rings. The molecule has 0 saturated heterocycles. The van der Waals surface area contributed by atoms with Crippen molar-refractivity contribution in [2.75, 3.05) is 13.2 Å². The predicted molar refractivity (Wildman–Crippen MR) is 56.3 cm³/mol. The Morgan fingerprint density at radius 1 is 1.53 bits per heavy atom. The third-order valence-corrected chi connectivity index (χ3v) is 2.23. The molecule has 0 saturated carbocycles. The Morgan fingerprint density at radius 2 is 2.13 bits per heavy atom. The highest BCUT2D eigenvalue weighted by Crippen LogP contribution is 2.22. The fourth-order valence-corrected chi connectivity index (χ4v) is 1.07. The van der Waals surface area contributed by atoms with Crippen LogP contribution in [0.15, 0.2) is 12.7 Å². The maximum atomic E-state index is 11.7. The molecule has 86 valence electrons. The lowest BCUT2D eigenvalue weighted by atomic mass is 9.84. The lowest BCUT2D eigenvalue weighted by Crippen LogP contribution is -2.41. The number of Topliss-reactive ketones (excluding diaryl/α,β-unsaturated/α-hetero) is 1. The standard InChI is InChI=1S/C11H18O4/c1-4-6-7-9(13)11(3,8-12)10(14)15-5-2/h4,12H,1,5-8H2,2-3H3. The molecular weight excluding hydrogens is 196 g/mol. The first kappa shape index (κ1) is 13.8. The van der Waals surface area contributed by atoms with Crippen LogP contribution >= 0.6 is 0 Å². The number of hydrogen-bond donors (Lipinski definition) is 1. The van der Waals surface area contributed by atoms with E-state index in [1.807, 2.05) is 0 Å². The van der Waals surface area contributed by atoms with Crippen LogP contribution in [-0.4, -0.2) is 30.1 Å². The van der Waals surface area contributed by atoms with Crippen molar-refractivity contribution < 1.29 is 19.4 Å². The Balaban J connectivity index is 4.59. The van der Waals surface area contributed by atoms with Crippen molar-refractivity contribution in [2.24, 2.45) is 5.41 Å². The molecule has 0 radical (unpaired) electrons. The van der Waals surface area contributed by atoms with Gasteiger partial charge in [0.1, 0.15) is 5.41 Å². The average molecular weight is 214 g/mol. The third kappa shape index (κ3) is 3.47. The van der Waals surface area contributed by atoms with Crippen molar-refractivity contribution in [2.45, 2.75) is 26.7 Å². The summed E-state index contributed by atoms with van der Waals surface area (Å²) in [5.41, 5.74) is -1.43. The molecule has 4 heteroatoms. The number of carbonyl (C=O) groups is 2. The third-order valence-electron chi connectivity index (χ3n) is 2.23. The molecule has 0 aliphatic rings. The molecule has 0 bridgehead atoms. The van der Waals surface area contributed by atoms with Crippen LogP contribution in [0, 0.1) is 5.41 Å². The van der Waals surface area contributed by atoms with Gasteiger partial charge in [0.2, 0.25) is 0 Å². The molecule has 1 atom stereocenters. The first-order valence-corrected chi connectivity index (χ1v) is 4.95. The Labute approximate surface area is 89.9 Å². The second-order valence-electron chi connectivity index (χ2n) is 3.46. The number of allylic oxidation sites excluding steroid dienone is 1. The highest BCUT2D eigenvalue weighted by Gasteiger charge is 2.41. The van der Waals surface area contributed by atoms with E-state index in [0.29, 0.717) is 6.42 Å². The largest absolute Gasteiger partial charge is 0.465 e. The smallest absolute Gasteiger partial charge is 0.321 e. The van der Waals surface area contributed by atoms with Gasteiger partial charge in [0.25, 0.3) is 0 Å². The van der Waals surface area contributed by atoms with Crippen LogP contribution in [0.2, 0.25) is 0 Å². The number of aliphatic hydroxyl groups excluding tert-OH is 1. The normalized spacial score (nSPS) is 14.1. The van der Waals surface area contributed by atoms with E-state index in [4.69, 9.17) is 9.84 Å². The molecule has 15 heavy (non-hydrogen) atoms. The van der Waals surface area contributed by atoms with Gasteiger partial charge >= 0.3 is 5.97 Å². The van der Waals surface area contributed by atoms with Crippen LogP contribution in [0.3, 0.4) is 0 Å². The Morgan fingerprint density at radius 3 is 2.53 bits per heavy atom. The number of rotatable bonds is 7. The Kier molecular flexibility index (Phi) is 5.86. The minimum atomic E-state index is -1.43. The van der Waals surface area contributed by atoms with Crippen molar-refractivity contribution in [3.8, 4) is 0 Å². The second-order valence-corrected chi connectivity index (χ2v) is 3.46. The van der Waals surface area contributed by atoms with Gasteiger partial charge in [0, 0.05) is 6.42 Å². The first-order chi connectivity index (χ1) is 7.02. The summed E-state index contributed by atoms with van der Waals surface area (Å²) >= 11 is 0. The second kappa shape index (κ2) is 6.35. The SMILES string of the molecule is C=CCCC(=O)C(C)(CO)C(=O)OCC. The van der Waals surface area contributed by atoms with Gasteiger partial charge in [-0.25, -0.2) is 0 Å². The number of hydrogen-bond acceptors (Lipinski definition) is 4. The highest BCUT2D eigenvalue weighted by molar-refractivity contribution is 6.03. The maximum Gasteiger partial charge on any atom is 0.321 e. The van der Waals surface area contributed by atoms with E-state index in [1.54, 1.807) is 13.0 Å². The summed E-state index contributed by atoms with van der Waals surface area (Å²) in [7, 11) is 0. The fourth-order valence-electron chi connectivity index (χ4n) is 1.07. The quantitative estimate of drug-likeness (QED) is 0.391. The van der Waals surface area contributed by atoms with Crippen LogP contribution in [0.5, 0.6) is 0 Å². The maximum absolute atomic E-state index is 11.7. The van der Waals surface area contributed by atoms with Crippen LogP contribution in [-0.2, 0) is 14.3 Å². The Bertz CT molecular complexity index is 247. The lowest BCUT2D eigenvalue weighted by molar-refractivity contribution is -0.161. The number of ketones is 1. The molecule has 0 rings (SSSR count). The lowest BCUT2D eigenvalue weighted by Gasteiger charge is -2.22. The zero-order valence-corrected chi connectivity index (χ0v) is 9.28. The monoisotopic (exact) mass is 214 g/mol.